The second-order valence-corrected chi connectivity index (χ2v) is 5.90. The summed E-state index contributed by atoms with van der Waals surface area (Å²) in [6.45, 7) is 2.83. The number of carbonyl (C=O) groups excluding carboxylic acids is 1. The van der Waals surface area contributed by atoms with Crippen LogP contribution < -0.4 is 10.2 Å². The molecule has 0 spiro atoms. The summed E-state index contributed by atoms with van der Waals surface area (Å²) in [6.07, 6.45) is 2.11. The summed E-state index contributed by atoms with van der Waals surface area (Å²) in [5.41, 5.74) is 2.80. The van der Waals surface area contributed by atoms with Gasteiger partial charge in [0.05, 0.1) is 4.88 Å². The number of nitrogens with zero attached hydrogens (tertiary/aromatic N) is 1. The van der Waals surface area contributed by atoms with Gasteiger partial charge in [-0.15, -0.1) is 11.3 Å². The van der Waals surface area contributed by atoms with E-state index in [1.165, 1.54) is 22.6 Å². The van der Waals surface area contributed by atoms with Crippen molar-refractivity contribution >= 4 is 22.9 Å². The van der Waals surface area contributed by atoms with Crippen molar-refractivity contribution in [1.82, 2.24) is 5.32 Å². The van der Waals surface area contributed by atoms with E-state index < -0.39 is 0 Å². The van der Waals surface area contributed by atoms with Crippen molar-refractivity contribution in [3.63, 3.8) is 0 Å². The zero-order valence-electron chi connectivity index (χ0n) is 11.3. The van der Waals surface area contributed by atoms with Crippen molar-refractivity contribution in [3.05, 3.63) is 52.2 Å². The first-order valence-electron chi connectivity index (χ1n) is 6.99. The van der Waals surface area contributed by atoms with Gasteiger partial charge >= 0.3 is 0 Å². The standard InChI is InChI=1S/C16H18N2OS/c19-16(15-7-3-12-20-15)17-9-4-10-18-11-8-13-5-1-2-6-14(13)18/h1-3,5-7,12H,4,8-11H2,(H,17,19). The van der Waals surface area contributed by atoms with Crippen LogP contribution in [0.2, 0.25) is 0 Å². The van der Waals surface area contributed by atoms with Crippen LogP contribution in [0.3, 0.4) is 0 Å². The molecule has 2 heterocycles. The van der Waals surface area contributed by atoms with Gasteiger partial charge in [-0.25, -0.2) is 0 Å². The van der Waals surface area contributed by atoms with Gasteiger partial charge in [-0.2, -0.15) is 0 Å². The highest BCUT2D eigenvalue weighted by Gasteiger charge is 2.17. The Bertz CT molecular complexity index is 580. The number of anilines is 1. The van der Waals surface area contributed by atoms with E-state index in [2.05, 4.69) is 34.5 Å². The van der Waals surface area contributed by atoms with Crippen LogP contribution in [0.25, 0.3) is 0 Å². The maximum absolute atomic E-state index is 11.8. The highest BCUT2D eigenvalue weighted by Crippen LogP contribution is 2.27. The zero-order valence-corrected chi connectivity index (χ0v) is 12.2. The number of hydrogen-bond acceptors (Lipinski definition) is 3. The van der Waals surface area contributed by atoms with Crippen LogP contribution in [0.5, 0.6) is 0 Å². The summed E-state index contributed by atoms with van der Waals surface area (Å²) in [7, 11) is 0. The number of para-hydroxylation sites is 1. The Balaban J connectivity index is 1.44. The first kappa shape index (κ1) is 13.2. The van der Waals surface area contributed by atoms with E-state index in [1.54, 1.807) is 0 Å². The van der Waals surface area contributed by atoms with E-state index in [4.69, 9.17) is 0 Å². The Morgan fingerprint density at radius 1 is 1.25 bits per heavy atom. The Kier molecular flexibility index (Phi) is 4.02. The van der Waals surface area contributed by atoms with E-state index in [0.717, 1.165) is 37.4 Å². The third kappa shape index (κ3) is 2.85. The monoisotopic (exact) mass is 286 g/mol. The molecule has 1 amide bonds. The van der Waals surface area contributed by atoms with Crippen LogP contribution >= 0.6 is 11.3 Å². The summed E-state index contributed by atoms with van der Waals surface area (Å²) in [6, 6.07) is 12.3. The van der Waals surface area contributed by atoms with Crippen LogP contribution in [-0.2, 0) is 6.42 Å². The molecule has 0 unspecified atom stereocenters. The van der Waals surface area contributed by atoms with Gasteiger partial charge in [0.15, 0.2) is 0 Å². The number of amides is 1. The third-order valence-corrected chi connectivity index (χ3v) is 4.49. The van der Waals surface area contributed by atoms with Gasteiger partial charge in [0.1, 0.15) is 0 Å². The van der Waals surface area contributed by atoms with Crippen molar-refractivity contribution < 1.29 is 4.79 Å². The lowest BCUT2D eigenvalue weighted by Crippen LogP contribution is -2.28. The number of rotatable bonds is 5. The predicted octanol–water partition coefficient (Wildman–Crippen LogP) is 2.93. The van der Waals surface area contributed by atoms with E-state index in [-0.39, 0.29) is 5.91 Å². The fourth-order valence-corrected chi connectivity index (χ4v) is 3.25. The Morgan fingerprint density at radius 3 is 3.00 bits per heavy atom. The summed E-state index contributed by atoms with van der Waals surface area (Å²) in [5.74, 6) is 0.0434. The molecule has 1 aliphatic heterocycles. The van der Waals surface area contributed by atoms with Crippen LogP contribution in [0.15, 0.2) is 41.8 Å². The SMILES string of the molecule is O=C(NCCCN1CCc2ccccc21)c1cccs1. The molecule has 2 aromatic rings. The molecule has 1 N–H and O–H groups in total. The second-order valence-electron chi connectivity index (χ2n) is 4.95. The minimum atomic E-state index is 0.0434. The number of fused-ring (bicyclic) bond motifs is 1. The Morgan fingerprint density at radius 2 is 2.15 bits per heavy atom. The summed E-state index contributed by atoms with van der Waals surface area (Å²) in [4.78, 5) is 15.0. The average molecular weight is 286 g/mol. The molecule has 0 bridgehead atoms. The number of carbonyl (C=O) groups is 1. The predicted molar refractivity (Wildman–Crippen MR) is 83.6 cm³/mol. The van der Waals surface area contributed by atoms with E-state index >= 15 is 0 Å². The molecule has 3 nitrogen and oxygen atoms in total. The van der Waals surface area contributed by atoms with E-state index in [9.17, 15) is 4.79 Å². The zero-order chi connectivity index (χ0) is 13.8. The van der Waals surface area contributed by atoms with Gasteiger partial charge in [-0.1, -0.05) is 24.3 Å². The molecule has 4 heteroatoms. The molecule has 3 rings (SSSR count). The summed E-state index contributed by atoms with van der Waals surface area (Å²) in [5, 5.41) is 4.90. The van der Waals surface area contributed by atoms with Gasteiger partial charge in [0, 0.05) is 25.3 Å². The first-order valence-corrected chi connectivity index (χ1v) is 7.87. The first-order chi connectivity index (χ1) is 9.84. The molecule has 0 fully saturated rings. The van der Waals surface area contributed by atoms with Crippen LogP contribution in [0, 0.1) is 0 Å². The molecule has 1 aromatic heterocycles. The maximum Gasteiger partial charge on any atom is 0.261 e. The van der Waals surface area contributed by atoms with E-state index in [1.807, 2.05) is 17.5 Å². The van der Waals surface area contributed by atoms with E-state index in [0.29, 0.717) is 0 Å². The molecule has 20 heavy (non-hydrogen) atoms. The van der Waals surface area contributed by atoms with Crippen LogP contribution in [-0.4, -0.2) is 25.5 Å². The number of thiophene rings is 1. The fourth-order valence-electron chi connectivity index (χ4n) is 2.61. The van der Waals surface area contributed by atoms with Crippen LogP contribution in [0.1, 0.15) is 21.7 Å². The highest BCUT2D eigenvalue weighted by molar-refractivity contribution is 7.12. The molecule has 1 aliphatic rings. The molecular weight excluding hydrogens is 268 g/mol. The van der Waals surface area contributed by atoms with Gasteiger partial charge in [0.2, 0.25) is 0 Å². The second kappa shape index (κ2) is 6.09. The van der Waals surface area contributed by atoms with Crippen molar-refractivity contribution in [2.45, 2.75) is 12.8 Å². The molecule has 0 saturated heterocycles. The maximum atomic E-state index is 11.8. The lowest BCUT2D eigenvalue weighted by molar-refractivity contribution is 0.0957. The minimum absolute atomic E-state index is 0.0434. The number of nitrogens with one attached hydrogen (secondary N) is 1. The topological polar surface area (TPSA) is 32.3 Å². The lowest BCUT2D eigenvalue weighted by atomic mass is 10.2. The molecule has 1 aromatic carbocycles. The number of hydrogen-bond donors (Lipinski definition) is 1. The Labute approximate surface area is 123 Å². The molecule has 0 aliphatic carbocycles. The quantitative estimate of drug-likeness (QED) is 0.857. The Hall–Kier alpha value is -1.81. The smallest absolute Gasteiger partial charge is 0.261 e. The molecular formula is C16H18N2OS. The molecule has 104 valence electrons. The molecule has 0 radical (unpaired) electrons. The normalized spacial score (nSPS) is 13.3. The summed E-state index contributed by atoms with van der Waals surface area (Å²) < 4.78 is 0. The largest absolute Gasteiger partial charge is 0.371 e. The number of benzene rings is 1. The van der Waals surface area contributed by atoms with Crippen molar-refractivity contribution in [2.75, 3.05) is 24.5 Å². The van der Waals surface area contributed by atoms with Crippen molar-refractivity contribution in [3.8, 4) is 0 Å². The fraction of sp³-hybridized carbons (Fsp3) is 0.312. The van der Waals surface area contributed by atoms with Crippen molar-refractivity contribution in [2.24, 2.45) is 0 Å². The van der Waals surface area contributed by atoms with Crippen molar-refractivity contribution in [1.29, 1.82) is 0 Å². The van der Waals surface area contributed by atoms with Gasteiger partial charge < -0.3 is 10.2 Å². The summed E-state index contributed by atoms with van der Waals surface area (Å²) >= 11 is 1.48. The molecule has 0 saturated carbocycles. The highest BCUT2D eigenvalue weighted by atomic mass is 32.1. The third-order valence-electron chi connectivity index (χ3n) is 3.62. The average Bonchev–Trinajstić information content (AvgIpc) is 3.13. The van der Waals surface area contributed by atoms with Gasteiger partial charge in [0.25, 0.3) is 5.91 Å². The minimum Gasteiger partial charge on any atom is -0.371 e. The van der Waals surface area contributed by atoms with Gasteiger partial charge in [-0.3, -0.25) is 4.79 Å². The van der Waals surface area contributed by atoms with Crippen LogP contribution in [0.4, 0.5) is 5.69 Å². The molecule has 0 atom stereocenters. The van der Waals surface area contributed by atoms with Gasteiger partial charge in [-0.05, 0) is 35.9 Å². The lowest BCUT2D eigenvalue weighted by Gasteiger charge is -2.19.